The van der Waals surface area contributed by atoms with Crippen LogP contribution in [0, 0.1) is 0 Å². The molecule has 95 heavy (non-hydrogen) atoms. The molecule has 2 atom stereocenters. The Hall–Kier alpha value is -5.93. The van der Waals surface area contributed by atoms with Crippen LogP contribution >= 0.6 is 7.82 Å². The zero-order valence-corrected chi connectivity index (χ0v) is 60.4. The van der Waals surface area contributed by atoms with Crippen molar-refractivity contribution in [2.24, 2.45) is 5.73 Å². The largest absolute Gasteiger partial charge is 0.472 e. The van der Waals surface area contributed by atoms with Crippen LogP contribution in [0.1, 0.15) is 258 Å². The Bertz CT molecular complexity index is 2410. The smallest absolute Gasteiger partial charge is 0.462 e. The number of carbonyl (C=O) groups excluding carboxylic acids is 2. The molecule has 10 heteroatoms. The molecule has 2 unspecified atom stereocenters. The number of carbonyl (C=O) groups is 2. The number of allylic oxidation sites excluding steroid dienone is 38. The zero-order valence-electron chi connectivity index (χ0n) is 59.5. The number of hydrogen-bond donors (Lipinski definition) is 2. The third kappa shape index (κ3) is 77.0. The van der Waals surface area contributed by atoms with Crippen LogP contribution in [0.5, 0.6) is 0 Å². The Morgan fingerprint density at radius 2 is 0.547 bits per heavy atom. The molecule has 0 bridgehead atoms. The highest BCUT2D eigenvalue weighted by atomic mass is 31.2. The van der Waals surface area contributed by atoms with Gasteiger partial charge in [0.2, 0.25) is 0 Å². The number of ether oxygens (including phenoxy) is 2. The molecule has 3 N–H and O–H groups in total. The Morgan fingerprint density at radius 3 is 0.811 bits per heavy atom. The van der Waals surface area contributed by atoms with Crippen molar-refractivity contribution < 1.29 is 37.6 Å². The number of unbranched alkanes of at least 4 members (excludes halogenated alkanes) is 15. The standard InChI is InChI=1S/C85H132NO8P/c1-3-5-7-9-11-13-15-17-19-21-23-25-27-29-31-33-35-37-38-39-40-41-42-43-44-46-48-50-52-54-56-58-60-62-64-66-68-70-72-74-76-78-85(88)94-83(82-93-95(89,90)92-80-79-86)81-91-84(87)77-75-73-71-69-67-65-63-61-59-57-55-53-51-49-47-45-36-34-32-30-28-26-24-22-20-18-16-14-12-10-8-6-4-2/h5-8,11-14,17-20,23-26,29-32,35-37,39-40,42-43,45-46,48-49,51-52,54,58,60,64,66,83H,3-4,9-10,15-16,21-22,27-28,33-34,38,41,44,47,50,53,55-57,59,61-63,65,67-82,86H2,1-2H3,(H,89,90)/b7-5-,8-6-,13-11-,14-12-,19-17-,20-18-,25-23-,26-24-,31-29-,32-30-,37-35-,40-39-,43-42-,45-36-,48-46-,51-49-,54-52-,60-58-,66-64-. The molecule has 9 nitrogen and oxygen atoms in total. The van der Waals surface area contributed by atoms with Gasteiger partial charge in [-0.25, -0.2) is 4.57 Å². The molecule has 0 radical (unpaired) electrons. The summed E-state index contributed by atoms with van der Waals surface area (Å²) >= 11 is 0. The molecule has 0 aromatic heterocycles. The second-order valence-corrected chi connectivity index (χ2v) is 24.8. The molecule has 0 fully saturated rings. The molecule has 0 aromatic rings. The molecule has 0 aromatic carbocycles. The van der Waals surface area contributed by atoms with Gasteiger partial charge in [0.05, 0.1) is 13.2 Å². The summed E-state index contributed by atoms with van der Waals surface area (Å²) in [6.45, 7) is 3.46. The van der Waals surface area contributed by atoms with Crippen LogP contribution in [-0.2, 0) is 32.7 Å². The summed E-state index contributed by atoms with van der Waals surface area (Å²) in [7, 11) is -4.42. The molecule has 530 valence electrons. The van der Waals surface area contributed by atoms with E-state index in [9.17, 15) is 19.0 Å². The molecule has 0 aliphatic heterocycles. The number of phosphoric ester groups is 1. The molecule has 0 aliphatic rings. The summed E-state index contributed by atoms with van der Waals surface area (Å²) in [5, 5.41) is 0. The lowest BCUT2D eigenvalue weighted by molar-refractivity contribution is -0.161. The fourth-order valence-corrected chi connectivity index (χ4v) is 9.95. The molecule has 0 saturated heterocycles. The third-order valence-corrected chi connectivity index (χ3v) is 15.5. The molecule has 0 saturated carbocycles. The predicted molar refractivity (Wildman–Crippen MR) is 412 cm³/mol. The minimum atomic E-state index is -4.42. The van der Waals surface area contributed by atoms with Crippen molar-refractivity contribution in [3.05, 3.63) is 231 Å². The maximum absolute atomic E-state index is 12.8. The number of phosphoric acid groups is 1. The van der Waals surface area contributed by atoms with Gasteiger partial charge in [0.1, 0.15) is 6.61 Å². The Labute approximate surface area is 581 Å². The third-order valence-electron chi connectivity index (χ3n) is 14.5. The van der Waals surface area contributed by atoms with E-state index in [0.29, 0.717) is 12.8 Å². The van der Waals surface area contributed by atoms with Gasteiger partial charge in [-0.2, -0.15) is 0 Å². The number of esters is 2. The fourth-order valence-electron chi connectivity index (χ4n) is 9.19. The molecule has 0 amide bonds. The van der Waals surface area contributed by atoms with E-state index in [1.54, 1.807) is 0 Å². The summed E-state index contributed by atoms with van der Waals surface area (Å²) < 4.78 is 33.2. The topological polar surface area (TPSA) is 134 Å². The first kappa shape index (κ1) is 89.1. The normalized spacial score (nSPS) is 14.3. The van der Waals surface area contributed by atoms with Gasteiger partial charge in [-0.05, 0) is 161 Å². The van der Waals surface area contributed by atoms with E-state index in [0.717, 1.165) is 173 Å². The van der Waals surface area contributed by atoms with E-state index < -0.39 is 32.5 Å². The van der Waals surface area contributed by atoms with Crippen molar-refractivity contribution in [1.82, 2.24) is 0 Å². The molecule has 0 heterocycles. The highest BCUT2D eigenvalue weighted by Gasteiger charge is 2.26. The van der Waals surface area contributed by atoms with Gasteiger partial charge < -0.3 is 20.1 Å². The lowest BCUT2D eigenvalue weighted by atomic mass is 10.0. The zero-order chi connectivity index (χ0) is 68.6. The second kappa shape index (κ2) is 77.1. The van der Waals surface area contributed by atoms with E-state index >= 15 is 0 Å². The van der Waals surface area contributed by atoms with E-state index in [2.05, 4.69) is 245 Å². The van der Waals surface area contributed by atoms with Crippen molar-refractivity contribution in [3.8, 4) is 0 Å². The van der Waals surface area contributed by atoms with Crippen molar-refractivity contribution in [3.63, 3.8) is 0 Å². The average Bonchev–Trinajstić information content (AvgIpc) is 2.75. The van der Waals surface area contributed by atoms with Crippen LogP contribution in [0.15, 0.2) is 231 Å². The minimum Gasteiger partial charge on any atom is -0.462 e. The molecule has 0 rings (SSSR count). The van der Waals surface area contributed by atoms with Crippen molar-refractivity contribution in [2.75, 3.05) is 26.4 Å². The van der Waals surface area contributed by atoms with Crippen LogP contribution in [-0.4, -0.2) is 49.3 Å². The summed E-state index contributed by atoms with van der Waals surface area (Å²) in [6, 6.07) is 0. The van der Waals surface area contributed by atoms with Crippen molar-refractivity contribution >= 4 is 19.8 Å². The van der Waals surface area contributed by atoms with Crippen molar-refractivity contribution in [2.45, 2.75) is 264 Å². The molecule has 0 spiro atoms. The summed E-state index contributed by atoms with van der Waals surface area (Å²) in [5.41, 5.74) is 5.40. The van der Waals surface area contributed by atoms with Gasteiger partial charge in [-0.15, -0.1) is 0 Å². The SMILES string of the molecule is CC/C=C\C/C=C\C/C=C\C/C=C\C/C=C\C/C=C\C/C=C\C/C=C\C/C=C\C/C=C\C/C=C\C/C=C\CCCCCCC(=O)OC(COC(=O)CCCCCCCCCCCCC/C=C\C/C=C\C/C=C\C/C=C\C/C=C\C/C=C\C/C=C\CC)COP(=O)(O)OCCN. The van der Waals surface area contributed by atoms with E-state index in [-0.39, 0.29) is 32.6 Å². The lowest BCUT2D eigenvalue weighted by Crippen LogP contribution is -2.29. The Morgan fingerprint density at radius 1 is 0.316 bits per heavy atom. The maximum atomic E-state index is 12.8. The minimum absolute atomic E-state index is 0.0365. The summed E-state index contributed by atoms with van der Waals surface area (Å²) in [5.74, 6) is -0.876. The quantitative estimate of drug-likeness (QED) is 0.0264. The highest BCUT2D eigenvalue weighted by molar-refractivity contribution is 7.47. The van der Waals surface area contributed by atoms with Crippen molar-refractivity contribution in [1.29, 1.82) is 0 Å². The van der Waals surface area contributed by atoms with Crippen LogP contribution < -0.4 is 5.73 Å². The van der Waals surface area contributed by atoms with Crippen LogP contribution in [0.25, 0.3) is 0 Å². The fraction of sp³-hybridized carbons (Fsp3) is 0.529. The maximum Gasteiger partial charge on any atom is 0.472 e. The number of nitrogens with two attached hydrogens (primary N) is 1. The number of rotatable bonds is 66. The van der Waals surface area contributed by atoms with Crippen LogP contribution in [0.2, 0.25) is 0 Å². The van der Waals surface area contributed by atoms with E-state index in [4.69, 9.17) is 24.3 Å². The van der Waals surface area contributed by atoms with Crippen LogP contribution in [0.4, 0.5) is 0 Å². The van der Waals surface area contributed by atoms with Gasteiger partial charge in [0.25, 0.3) is 0 Å². The molecule has 0 aliphatic carbocycles. The average molecular weight is 1330 g/mol. The Kier molecular flexibility index (Phi) is 72.3. The first-order chi connectivity index (χ1) is 46.8. The van der Waals surface area contributed by atoms with Gasteiger partial charge in [-0.3, -0.25) is 18.6 Å². The summed E-state index contributed by atoms with van der Waals surface area (Å²) in [6.07, 6.45) is 121. The number of hydrogen-bond acceptors (Lipinski definition) is 8. The van der Waals surface area contributed by atoms with Crippen LogP contribution in [0.3, 0.4) is 0 Å². The van der Waals surface area contributed by atoms with Gasteiger partial charge in [0, 0.05) is 19.4 Å². The molecular formula is C85H132NO8P. The molecular weight excluding hydrogens is 1190 g/mol. The van der Waals surface area contributed by atoms with E-state index in [1.165, 1.54) is 44.9 Å². The first-order valence-electron chi connectivity index (χ1n) is 36.9. The lowest BCUT2D eigenvalue weighted by Gasteiger charge is -2.19. The highest BCUT2D eigenvalue weighted by Crippen LogP contribution is 2.43. The van der Waals surface area contributed by atoms with Gasteiger partial charge in [0.15, 0.2) is 6.10 Å². The summed E-state index contributed by atoms with van der Waals surface area (Å²) in [4.78, 5) is 35.4. The van der Waals surface area contributed by atoms with Gasteiger partial charge in [-0.1, -0.05) is 315 Å². The second-order valence-electron chi connectivity index (χ2n) is 23.3. The van der Waals surface area contributed by atoms with E-state index in [1.807, 2.05) is 0 Å². The predicted octanol–water partition coefficient (Wildman–Crippen LogP) is 25.0. The van der Waals surface area contributed by atoms with Gasteiger partial charge >= 0.3 is 19.8 Å². The monoisotopic (exact) mass is 1330 g/mol. The Balaban J connectivity index is 4.04. The first-order valence-corrected chi connectivity index (χ1v) is 38.4.